The summed E-state index contributed by atoms with van der Waals surface area (Å²) < 4.78 is 0. The summed E-state index contributed by atoms with van der Waals surface area (Å²) in [6.07, 6.45) is 13.3. The molecule has 1 aliphatic rings. The van der Waals surface area contributed by atoms with Gasteiger partial charge in [-0.05, 0) is 61.1 Å². The standard InChI is InChI=1S/C22H24N6O/c29-22(7-6-19-14-23-16-26-19)28-11-3-4-18(15-28)12-17-8-10-25-21(13-17)27-20-5-1-2-9-24-20/h1-2,5-10,13-14,16,18H,3-4,11-12,15H2,(H,23,26)(H,24,25,27)/b7-6+/t18-/m0/s1. The third-order valence-corrected chi connectivity index (χ3v) is 5.03. The highest BCUT2D eigenvalue weighted by atomic mass is 16.2. The van der Waals surface area contributed by atoms with Gasteiger partial charge in [-0.15, -0.1) is 0 Å². The van der Waals surface area contributed by atoms with E-state index in [0.29, 0.717) is 5.92 Å². The summed E-state index contributed by atoms with van der Waals surface area (Å²) in [6.45, 7) is 1.59. The van der Waals surface area contributed by atoms with E-state index >= 15 is 0 Å². The van der Waals surface area contributed by atoms with E-state index in [9.17, 15) is 4.79 Å². The van der Waals surface area contributed by atoms with Crippen LogP contribution in [0.25, 0.3) is 6.08 Å². The molecule has 7 heteroatoms. The van der Waals surface area contributed by atoms with Gasteiger partial charge in [-0.1, -0.05) is 6.07 Å². The number of aromatic nitrogens is 4. The number of amides is 1. The Hall–Kier alpha value is -3.48. The number of rotatable bonds is 6. The van der Waals surface area contributed by atoms with E-state index < -0.39 is 0 Å². The van der Waals surface area contributed by atoms with Gasteiger partial charge in [0.2, 0.25) is 5.91 Å². The van der Waals surface area contributed by atoms with Crippen LogP contribution in [0.3, 0.4) is 0 Å². The number of nitrogens with zero attached hydrogens (tertiary/aromatic N) is 4. The number of likely N-dealkylation sites (tertiary alicyclic amines) is 1. The summed E-state index contributed by atoms with van der Waals surface area (Å²) in [5.74, 6) is 2.05. The minimum Gasteiger partial charge on any atom is -0.345 e. The molecular weight excluding hydrogens is 364 g/mol. The fourth-order valence-electron chi connectivity index (χ4n) is 3.63. The summed E-state index contributed by atoms with van der Waals surface area (Å²) >= 11 is 0. The third-order valence-electron chi connectivity index (χ3n) is 5.03. The van der Waals surface area contributed by atoms with E-state index in [-0.39, 0.29) is 5.91 Å². The Bertz CT molecular complexity index is 954. The molecule has 2 N–H and O–H groups in total. The van der Waals surface area contributed by atoms with Crippen LogP contribution in [0.2, 0.25) is 0 Å². The lowest BCUT2D eigenvalue weighted by Gasteiger charge is -2.32. The van der Waals surface area contributed by atoms with Gasteiger partial charge in [0.15, 0.2) is 0 Å². The maximum absolute atomic E-state index is 12.5. The first kappa shape index (κ1) is 18.9. The molecule has 7 nitrogen and oxygen atoms in total. The number of pyridine rings is 2. The van der Waals surface area contributed by atoms with E-state index in [4.69, 9.17) is 0 Å². The Morgan fingerprint density at radius 2 is 2.17 bits per heavy atom. The molecule has 0 aromatic carbocycles. The Labute approximate surface area is 169 Å². The first-order valence-electron chi connectivity index (χ1n) is 9.84. The molecular formula is C22H24N6O. The SMILES string of the molecule is O=C(/C=C/c1cnc[nH]1)N1CCC[C@@H](Cc2ccnc(Nc3ccccn3)c2)C1. The first-order valence-corrected chi connectivity index (χ1v) is 9.84. The lowest BCUT2D eigenvalue weighted by Crippen LogP contribution is -2.39. The van der Waals surface area contributed by atoms with Gasteiger partial charge in [-0.2, -0.15) is 0 Å². The Morgan fingerprint density at radius 3 is 3.00 bits per heavy atom. The highest BCUT2D eigenvalue weighted by Gasteiger charge is 2.22. The second kappa shape index (κ2) is 9.14. The summed E-state index contributed by atoms with van der Waals surface area (Å²) in [6, 6.07) is 9.84. The molecule has 1 fully saturated rings. The lowest BCUT2D eigenvalue weighted by molar-refractivity contribution is -0.127. The van der Waals surface area contributed by atoms with Crippen LogP contribution in [-0.2, 0) is 11.2 Å². The van der Waals surface area contributed by atoms with E-state index in [1.165, 1.54) is 5.56 Å². The number of imidazole rings is 1. The highest BCUT2D eigenvalue weighted by Crippen LogP contribution is 2.22. The van der Waals surface area contributed by atoms with Crippen molar-refractivity contribution < 1.29 is 4.79 Å². The van der Waals surface area contributed by atoms with Gasteiger partial charge in [-0.3, -0.25) is 4.79 Å². The lowest BCUT2D eigenvalue weighted by atomic mass is 9.91. The third kappa shape index (κ3) is 5.28. The highest BCUT2D eigenvalue weighted by molar-refractivity contribution is 5.91. The molecule has 0 radical (unpaired) electrons. The molecule has 0 saturated carbocycles. The van der Waals surface area contributed by atoms with Crippen LogP contribution >= 0.6 is 0 Å². The van der Waals surface area contributed by atoms with Crippen molar-refractivity contribution in [2.45, 2.75) is 19.3 Å². The van der Waals surface area contributed by atoms with Crippen molar-refractivity contribution in [1.82, 2.24) is 24.8 Å². The van der Waals surface area contributed by atoms with E-state index in [2.05, 4.69) is 31.3 Å². The second-order valence-corrected chi connectivity index (χ2v) is 7.23. The molecule has 3 aromatic heterocycles. The predicted octanol–water partition coefficient (Wildman–Crippen LogP) is 3.44. The van der Waals surface area contributed by atoms with Crippen molar-refractivity contribution in [3.05, 3.63) is 72.6 Å². The first-order chi connectivity index (χ1) is 14.3. The van der Waals surface area contributed by atoms with Crippen LogP contribution < -0.4 is 5.32 Å². The number of hydrogen-bond acceptors (Lipinski definition) is 5. The van der Waals surface area contributed by atoms with Crippen LogP contribution in [-0.4, -0.2) is 43.8 Å². The average molecular weight is 388 g/mol. The maximum atomic E-state index is 12.5. The smallest absolute Gasteiger partial charge is 0.246 e. The number of anilines is 2. The van der Waals surface area contributed by atoms with Gasteiger partial charge in [0.25, 0.3) is 0 Å². The molecule has 3 aromatic rings. The fraction of sp³-hybridized carbons (Fsp3) is 0.273. The molecule has 29 heavy (non-hydrogen) atoms. The number of carbonyl (C=O) groups excluding carboxylic acids is 1. The quantitative estimate of drug-likeness (QED) is 0.632. The van der Waals surface area contributed by atoms with Gasteiger partial charge in [0, 0.05) is 31.6 Å². The zero-order chi connectivity index (χ0) is 19.9. The van der Waals surface area contributed by atoms with Crippen molar-refractivity contribution in [3.8, 4) is 0 Å². The summed E-state index contributed by atoms with van der Waals surface area (Å²) in [5, 5.41) is 3.23. The van der Waals surface area contributed by atoms with Crippen LogP contribution in [0, 0.1) is 5.92 Å². The molecule has 1 atom stereocenters. The molecule has 0 aliphatic carbocycles. The summed E-state index contributed by atoms with van der Waals surface area (Å²) in [5.41, 5.74) is 2.04. The summed E-state index contributed by atoms with van der Waals surface area (Å²) in [7, 11) is 0. The Balaban J connectivity index is 1.35. The molecule has 0 unspecified atom stereocenters. The van der Waals surface area contributed by atoms with Crippen molar-refractivity contribution in [3.63, 3.8) is 0 Å². The fourth-order valence-corrected chi connectivity index (χ4v) is 3.63. The normalized spacial score (nSPS) is 16.8. The molecule has 4 heterocycles. The van der Waals surface area contributed by atoms with Gasteiger partial charge in [0.05, 0.1) is 18.2 Å². The van der Waals surface area contributed by atoms with Gasteiger partial charge >= 0.3 is 0 Å². The molecule has 4 rings (SSSR count). The van der Waals surface area contributed by atoms with Crippen LogP contribution in [0.15, 0.2) is 61.3 Å². The topological polar surface area (TPSA) is 86.8 Å². The monoisotopic (exact) mass is 388 g/mol. The maximum Gasteiger partial charge on any atom is 0.246 e. The van der Waals surface area contributed by atoms with Crippen molar-refractivity contribution in [2.24, 2.45) is 5.92 Å². The predicted molar refractivity (Wildman–Crippen MR) is 112 cm³/mol. The molecule has 148 valence electrons. The summed E-state index contributed by atoms with van der Waals surface area (Å²) in [4.78, 5) is 30.1. The van der Waals surface area contributed by atoms with Gasteiger partial charge < -0.3 is 15.2 Å². The van der Waals surface area contributed by atoms with Crippen LogP contribution in [0.5, 0.6) is 0 Å². The van der Waals surface area contributed by atoms with Gasteiger partial charge in [0.1, 0.15) is 11.6 Å². The van der Waals surface area contributed by atoms with Crippen molar-refractivity contribution in [1.29, 1.82) is 0 Å². The molecule has 1 amide bonds. The number of H-pyrrole nitrogens is 1. The molecule has 1 saturated heterocycles. The van der Waals surface area contributed by atoms with Crippen molar-refractivity contribution in [2.75, 3.05) is 18.4 Å². The van der Waals surface area contributed by atoms with E-state index in [1.54, 1.807) is 30.9 Å². The zero-order valence-corrected chi connectivity index (χ0v) is 16.2. The number of aromatic amines is 1. The van der Waals surface area contributed by atoms with E-state index in [0.717, 1.165) is 49.7 Å². The van der Waals surface area contributed by atoms with Crippen LogP contribution in [0.1, 0.15) is 24.1 Å². The minimum absolute atomic E-state index is 0.0523. The van der Waals surface area contributed by atoms with E-state index in [1.807, 2.05) is 35.4 Å². The number of nitrogens with one attached hydrogen (secondary N) is 2. The molecule has 0 bridgehead atoms. The molecule has 1 aliphatic heterocycles. The minimum atomic E-state index is 0.0523. The average Bonchev–Trinajstić information content (AvgIpc) is 3.27. The Kier molecular flexibility index (Phi) is 5.95. The largest absolute Gasteiger partial charge is 0.345 e. The van der Waals surface area contributed by atoms with Gasteiger partial charge in [-0.25, -0.2) is 15.0 Å². The number of piperidine rings is 1. The molecule has 0 spiro atoms. The van der Waals surface area contributed by atoms with Crippen LogP contribution in [0.4, 0.5) is 11.6 Å². The van der Waals surface area contributed by atoms with Crippen molar-refractivity contribution >= 4 is 23.6 Å². The number of hydrogen-bond donors (Lipinski definition) is 2. The second-order valence-electron chi connectivity index (χ2n) is 7.23. The number of carbonyl (C=O) groups is 1. The zero-order valence-electron chi connectivity index (χ0n) is 16.2. The Morgan fingerprint density at radius 1 is 1.24 bits per heavy atom.